The predicted molar refractivity (Wildman–Crippen MR) is 58.6 cm³/mol. The Morgan fingerprint density at radius 1 is 1.56 bits per heavy atom. The van der Waals surface area contributed by atoms with Gasteiger partial charge in [-0.25, -0.2) is 0 Å². The minimum Gasteiger partial charge on any atom is -0.373 e. The van der Waals surface area contributed by atoms with Crippen molar-refractivity contribution >= 4 is 0 Å². The quantitative estimate of drug-likeness (QED) is 0.801. The van der Waals surface area contributed by atoms with E-state index in [9.17, 15) is 0 Å². The number of hydrogen-bond donors (Lipinski definition) is 1. The average molecular weight is 225 g/mol. The van der Waals surface area contributed by atoms with Gasteiger partial charge in [0.25, 0.3) is 0 Å². The normalized spacial score (nSPS) is 19.7. The second kappa shape index (κ2) is 4.93. The number of aromatic nitrogens is 2. The molecule has 16 heavy (non-hydrogen) atoms. The molecular weight excluding hydrogens is 206 g/mol. The smallest absolute Gasteiger partial charge is 0.243 e. The fourth-order valence-electron chi connectivity index (χ4n) is 1.86. The van der Waals surface area contributed by atoms with E-state index in [1.165, 1.54) is 12.8 Å². The number of nitrogens with zero attached hydrogens (tertiary/aromatic N) is 2. The van der Waals surface area contributed by atoms with E-state index in [0.29, 0.717) is 17.6 Å². The highest BCUT2D eigenvalue weighted by Gasteiger charge is 2.35. The molecule has 1 saturated carbocycles. The molecule has 0 amide bonds. The van der Waals surface area contributed by atoms with Crippen LogP contribution in [-0.2, 0) is 4.74 Å². The lowest BCUT2D eigenvalue weighted by Crippen LogP contribution is -2.11. The molecule has 1 aliphatic rings. The Balaban J connectivity index is 2.05. The van der Waals surface area contributed by atoms with Crippen LogP contribution in [0.2, 0.25) is 0 Å². The summed E-state index contributed by atoms with van der Waals surface area (Å²) in [5, 5.41) is 3.96. The van der Waals surface area contributed by atoms with Crippen molar-refractivity contribution in [2.24, 2.45) is 11.7 Å². The molecule has 0 aromatic carbocycles. The van der Waals surface area contributed by atoms with Crippen molar-refractivity contribution in [2.45, 2.75) is 44.8 Å². The first-order valence-electron chi connectivity index (χ1n) is 5.88. The number of methoxy groups -OCH3 is 1. The Morgan fingerprint density at radius 2 is 2.31 bits per heavy atom. The molecule has 5 heteroatoms. The molecule has 1 aromatic heterocycles. The van der Waals surface area contributed by atoms with Crippen LogP contribution in [0.5, 0.6) is 0 Å². The molecule has 2 unspecified atom stereocenters. The summed E-state index contributed by atoms with van der Waals surface area (Å²) in [6.45, 7) is 2.08. The van der Waals surface area contributed by atoms with E-state index >= 15 is 0 Å². The zero-order valence-corrected chi connectivity index (χ0v) is 9.85. The lowest BCUT2D eigenvalue weighted by atomic mass is 10.2. The van der Waals surface area contributed by atoms with E-state index in [4.69, 9.17) is 15.0 Å². The van der Waals surface area contributed by atoms with Crippen LogP contribution in [0.15, 0.2) is 4.52 Å². The van der Waals surface area contributed by atoms with Crippen LogP contribution in [0.3, 0.4) is 0 Å². The zero-order valence-electron chi connectivity index (χ0n) is 9.85. The summed E-state index contributed by atoms with van der Waals surface area (Å²) in [5.41, 5.74) is 5.92. The summed E-state index contributed by atoms with van der Waals surface area (Å²) in [5.74, 6) is 1.73. The topological polar surface area (TPSA) is 74.2 Å². The maximum absolute atomic E-state index is 5.92. The molecule has 5 nitrogen and oxygen atoms in total. The number of rotatable bonds is 6. The summed E-state index contributed by atoms with van der Waals surface area (Å²) in [6, 6.07) is -0.150. The monoisotopic (exact) mass is 225 g/mol. The molecule has 90 valence electrons. The first kappa shape index (κ1) is 11.5. The van der Waals surface area contributed by atoms with E-state index in [1.807, 2.05) is 0 Å². The van der Waals surface area contributed by atoms with Crippen LogP contribution in [0.25, 0.3) is 0 Å². The maximum atomic E-state index is 5.92. The third-order valence-electron chi connectivity index (χ3n) is 2.93. The third-order valence-corrected chi connectivity index (χ3v) is 2.93. The molecule has 0 spiro atoms. The molecular formula is C11H19N3O2. The molecule has 1 heterocycles. The minimum absolute atomic E-state index is 0.0219. The van der Waals surface area contributed by atoms with Crippen molar-refractivity contribution in [2.75, 3.05) is 7.11 Å². The first-order chi connectivity index (χ1) is 7.76. The van der Waals surface area contributed by atoms with E-state index in [2.05, 4.69) is 17.1 Å². The van der Waals surface area contributed by atoms with Crippen LogP contribution < -0.4 is 5.73 Å². The molecule has 0 bridgehead atoms. The highest BCUT2D eigenvalue weighted by molar-refractivity contribution is 5.00. The van der Waals surface area contributed by atoms with Gasteiger partial charge in [-0.15, -0.1) is 0 Å². The van der Waals surface area contributed by atoms with E-state index in [-0.39, 0.29) is 12.1 Å². The van der Waals surface area contributed by atoms with Crippen LogP contribution in [-0.4, -0.2) is 17.3 Å². The Hall–Kier alpha value is -0.940. The molecule has 2 atom stereocenters. The van der Waals surface area contributed by atoms with Crippen LogP contribution >= 0.6 is 0 Å². The van der Waals surface area contributed by atoms with Crippen molar-refractivity contribution in [3.05, 3.63) is 11.7 Å². The van der Waals surface area contributed by atoms with Gasteiger partial charge >= 0.3 is 0 Å². The van der Waals surface area contributed by atoms with Gasteiger partial charge in [0.05, 0.1) is 6.04 Å². The van der Waals surface area contributed by atoms with Crippen LogP contribution in [0, 0.1) is 5.92 Å². The lowest BCUT2D eigenvalue weighted by Gasteiger charge is -2.08. The Kier molecular flexibility index (Phi) is 3.56. The van der Waals surface area contributed by atoms with Crippen molar-refractivity contribution in [3.8, 4) is 0 Å². The summed E-state index contributed by atoms with van der Waals surface area (Å²) >= 11 is 0. The van der Waals surface area contributed by atoms with Gasteiger partial charge in [-0.3, -0.25) is 0 Å². The molecule has 1 aromatic rings. The summed E-state index contributed by atoms with van der Waals surface area (Å²) in [4.78, 5) is 4.33. The zero-order chi connectivity index (χ0) is 11.5. The van der Waals surface area contributed by atoms with Gasteiger partial charge < -0.3 is 15.0 Å². The fourth-order valence-corrected chi connectivity index (χ4v) is 1.86. The molecule has 0 radical (unpaired) electrons. The van der Waals surface area contributed by atoms with Crippen LogP contribution in [0.4, 0.5) is 0 Å². The van der Waals surface area contributed by atoms with Gasteiger partial charge in [0.2, 0.25) is 11.7 Å². The van der Waals surface area contributed by atoms with Gasteiger partial charge in [0.1, 0.15) is 6.10 Å². The first-order valence-corrected chi connectivity index (χ1v) is 5.88. The fraction of sp³-hybridized carbons (Fsp3) is 0.818. The van der Waals surface area contributed by atoms with Crippen molar-refractivity contribution in [1.82, 2.24) is 10.1 Å². The van der Waals surface area contributed by atoms with Crippen molar-refractivity contribution < 1.29 is 9.26 Å². The standard InChI is InChI=1S/C11H19N3O2/c1-3-4-8(12)11-13-10(14-16-11)9(15-2)7-5-6-7/h7-9H,3-6,12H2,1-2H3. The second-order valence-corrected chi connectivity index (χ2v) is 4.38. The van der Waals surface area contributed by atoms with Crippen molar-refractivity contribution in [1.29, 1.82) is 0 Å². The average Bonchev–Trinajstić information content (AvgIpc) is 2.97. The lowest BCUT2D eigenvalue weighted by molar-refractivity contribution is 0.0751. The molecule has 1 aliphatic carbocycles. The largest absolute Gasteiger partial charge is 0.373 e. The summed E-state index contributed by atoms with van der Waals surface area (Å²) in [6.07, 6.45) is 4.22. The Morgan fingerprint density at radius 3 is 2.88 bits per heavy atom. The summed E-state index contributed by atoms with van der Waals surface area (Å²) < 4.78 is 10.6. The highest BCUT2D eigenvalue weighted by atomic mass is 16.5. The third kappa shape index (κ3) is 2.41. The maximum Gasteiger partial charge on any atom is 0.243 e. The Bertz CT molecular complexity index is 336. The van der Waals surface area contributed by atoms with Gasteiger partial charge in [-0.2, -0.15) is 4.98 Å². The number of nitrogens with two attached hydrogens (primary N) is 1. The van der Waals surface area contributed by atoms with Gasteiger partial charge in [0, 0.05) is 7.11 Å². The summed E-state index contributed by atoms with van der Waals surface area (Å²) in [7, 11) is 1.69. The number of ether oxygens (including phenoxy) is 1. The second-order valence-electron chi connectivity index (χ2n) is 4.38. The van der Waals surface area contributed by atoms with E-state index < -0.39 is 0 Å². The van der Waals surface area contributed by atoms with Crippen molar-refractivity contribution in [3.63, 3.8) is 0 Å². The molecule has 1 fully saturated rings. The SMILES string of the molecule is CCCC(N)c1nc(C(OC)C2CC2)no1. The molecule has 0 saturated heterocycles. The van der Waals surface area contributed by atoms with E-state index in [0.717, 1.165) is 12.8 Å². The Labute approximate surface area is 95.3 Å². The van der Waals surface area contributed by atoms with Gasteiger partial charge in [-0.1, -0.05) is 18.5 Å². The highest BCUT2D eigenvalue weighted by Crippen LogP contribution is 2.42. The number of hydrogen-bond acceptors (Lipinski definition) is 5. The van der Waals surface area contributed by atoms with Crippen LogP contribution in [0.1, 0.15) is 56.5 Å². The van der Waals surface area contributed by atoms with Gasteiger partial charge in [0.15, 0.2) is 0 Å². The predicted octanol–water partition coefficient (Wildman–Crippen LogP) is 1.97. The van der Waals surface area contributed by atoms with E-state index in [1.54, 1.807) is 7.11 Å². The molecule has 0 aliphatic heterocycles. The van der Waals surface area contributed by atoms with Gasteiger partial charge in [-0.05, 0) is 25.2 Å². The minimum atomic E-state index is -0.150. The molecule has 2 rings (SSSR count). The molecule has 2 N–H and O–H groups in total.